The number of amides is 1. The number of ether oxygens (including phenoxy) is 1. The molecule has 1 fully saturated rings. The lowest BCUT2D eigenvalue weighted by Gasteiger charge is -2.28. The zero-order valence-electron chi connectivity index (χ0n) is 15.0. The largest absolute Gasteiger partial charge is 0.376 e. The molecule has 2 aliphatic rings. The molecule has 0 spiro atoms. The van der Waals surface area contributed by atoms with Gasteiger partial charge in [-0.3, -0.25) is 9.89 Å². The van der Waals surface area contributed by atoms with Crippen molar-refractivity contribution in [1.29, 1.82) is 0 Å². The second kappa shape index (κ2) is 6.67. The van der Waals surface area contributed by atoms with Crippen LogP contribution in [-0.4, -0.2) is 40.3 Å². The summed E-state index contributed by atoms with van der Waals surface area (Å²) in [5.74, 6) is 0.00374. The zero-order chi connectivity index (χ0) is 18.2. The fourth-order valence-electron chi connectivity index (χ4n) is 4.19. The van der Waals surface area contributed by atoms with Crippen LogP contribution in [0, 0.1) is 0 Å². The normalized spacial score (nSPS) is 21.6. The number of aromatic amines is 1. The van der Waals surface area contributed by atoms with Gasteiger partial charge >= 0.3 is 0 Å². The fourth-order valence-corrected chi connectivity index (χ4v) is 4.19. The highest BCUT2D eigenvalue weighted by atomic mass is 16.5. The molecule has 1 N–H and O–H groups in total. The van der Waals surface area contributed by atoms with E-state index in [1.807, 2.05) is 53.4 Å². The van der Waals surface area contributed by atoms with Gasteiger partial charge in [0.2, 0.25) is 0 Å². The molecular weight excluding hydrogens is 338 g/mol. The average molecular weight is 359 g/mol. The molecule has 3 aromatic rings. The predicted molar refractivity (Wildman–Crippen MR) is 102 cm³/mol. The van der Waals surface area contributed by atoms with Gasteiger partial charge in [0.1, 0.15) is 5.69 Å². The molecule has 0 saturated carbocycles. The number of hydrogen-bond donors (Lipinski definition) is 1. The molecule has 2 aliphatic heterocycles. The lowest BCUT2D eigenvalue weighted by Crippen LogP contribution is -2.36. The lowest BCUT2D eigenvalue weighted by molar-refractivity contribution is 0.0495. The van der Waals surface area contributed by atoms with Crippen molar-refractivity contribution in [2.24, 2.45) is 0 Å². The van der Waals surface area contributed by atoms with E-state index in [4.69, 9.17) is 4.74 Å². The first-order valence-corrected chi connectivity index (χ1v) is 9.44. The van der Waals surface area contributed by atoms with Gasteiger partial charge in [-0.05, 0) is 18.4 Å². The van der Waals surface area contributed by atoms with E-state index in [0.29, 0.717) is 12.2 Å². The number of nitrogens with zero attached hydrogens (tertiary/aromatic N) is 2. The summed E-state index contributed by atoms with van der Waals surface area (Å²) in [6, 6.07) is 20.1. The van der Waals surface area contributed by atoms with Crippen LogP contribution >= 0.6 is 0 Å². The minimum atomic E-state index is -0.146. The summed E-state index contributed by atoms with van der Waals surface area (Å²) in [5, 5.41) is 7.50. The third kappa shape index (κ3) is 2.75. The SMILES string of the molecule is O=C1c2[nH]nc(-c3ccccc3)c2C(c2ccccc2)N1CC1CCCO1. The van der Waals surface area contributed by atoms with Crippen LogP contribution < -0.4 is 0 Å². The molecule has 1 amide bonds. The average Bonchev–Trinajstić information content (AvgIpc) is 3.43. The molecule has 2 atom stereocenters. The first-order chi connectivity index (χ1) is 13.3. The monoisotopic (exact) mass is 359 g/mol. The van der Waals surface area contributed by atoms with Crippen molar-refractivity contribution in [3.8, 4) is 11.3 Å². The van der Waals surface area contributed by atoms with Gasteiger partial charge in [-0.15, -0.1) is 0 Å². The van der Waals surface area contributed by atoms with Gasteiger partial charge in [-0.25, -0.2) is 0 Å². The molecule has 0 aliphatic carbocycles. The van der Waals surface area contributed by atoms with Gasteiger partial charge in [0.25, 0.3) is 5.91 Å². The van der Waals surface area contributed by atoms with Crippen molar-refractivity contribution in [3.05, 3.63) is 77.5 Å². The highest BCUT2D eigenvalue weighted by molar-refractivity contribution is 6.00. The Kier molecular flexibility index (Phi) is 4.02. The van der Waals surface area contributed by atoms with Crippen LogP contribution in [0.15, 0.2) is 60.7 Å². The third-order valence-corrected chi connectivity index (χ3v) is 5.45. The second-order valence-corrected chi connectivity index (χ2v) is 7.13. The minimum Gasteiger partial charge on any atom is -0.376 e. The first-order valence-electron chi connectivity index (χ1n) is 9.44. The second-order valence-electron chi connectivity index (χ2n) is 7.13. The molecule has 1 saturated heterocycles. The summed E-state index contributed by atoms with van der Waals surface area (Å²) in [5.41, 5.74) is 4.53. The van der Waals surface area contributed by atoms with Crippen LogP contribution in [0.5, 0.6) is 0 Å². The molecule has 27 heavy (non-hydrogen) atoms. The highest BCUT2D eigenvalue weighted by Crippen LogP contribution is 2.43. The Morgan fingerprint density at radius 3 is 2.52 bits per heavy atom. The number of nitrogens with one attached hydrogen (secondary N) is 1. The Hall–Kier alpha value is -2.92. The van der Waals surface area contributed by atoms with Gasteiger partial charge in [0.05, 0.1) is 17.8 Å². The van der Waals surface area contributed by atoms with E-state index >= 15 is 0 Å². The molecule has 5 rings (SSSR count). The Labute approximate surface area is 158 Å². The number of benzene rings is 2. The van der Waals surface area contributed by atoms with E-state index < -0.39 is 0 Å². The molecular formula is C22H21N3O2. The van der Waals surface area contributed by atoms with Gasteiger partial charge in [-0.2, -0.15) is 5.10 Å². The molecule has 0 bridgehead atoms. The van der Waals surface area contributed by atoms with Crippen molar-refractivity contribution >= 4 is 5.91 Å². The molecule has 0 radical (unpaired) electrons. The molecule has 2 unspecified atom stereocenters. The number of H-pyrrole nitrogens is 1. The van der Waals surface area contributed by atoms with E-state index in [1.54, 1.807) is 0 Å². The fraction of sp³-hybridized carbons (Fsp3) is 0.273. The third-order valence-electron chi connectivity index (χ3n) is 5.45. The van der Waals surface area contributed by atoms with E-state index in [1.165, 1.54) is 0 Å². The maximum atomic E-state index is 13.2. The van der Waals surface area contributed by atoms with Crippen molar-refractivity contribution in [2.75, 3.05) is 13.2 Å². The van der Waals surface area contributed by atoms with E-state index in [-0.39, 0.29) is 18.1 Å². The van der Waals surface area contributed by atoms with Crippen molar-refractivity contribution in [3.63, 3.8) is 0 Å². The smallest absolute Gasteiger partial charge is 0.273 e. The summed E-state index contributed by atoms with van der Waals surface area (Å²) in [6.45, 7) is 1.39. The van der Waals surface area contributed by atoms with Gasteiger partial charge in [0, 0.05) is 24.3 Å². The Bertz CT molecular complexity index is 946. The van der Waals surface area contributed by atoms with Crippen LogP contribution in [0.4, 0.5) is 0 Å². The number of hydrogen-bond acceptors (Lipinski definition) is 3. The molecule has 1 aromatic heterocycles. The number of carbonyl (C=O) groups is 1. The first kappa shape index (κ1) is 16.3. The standard InChI is InChI=1S/C22H21N3O2/c26-22-20-18(19(23-24-20)15-8-3-1-4-9-15)21(16-10-5-2-6-11-16)25(22)14-17-12-7-13-27-17/h1-6,8-11,17,21H,7,12-14H2,(H,23,24). The molecule has 5 nitrogen and oxygen atoms in total. The maximum absolute atomic E-state index is 13.2. The van der Waals surface area contributed by atoms with Crippen LogP contribution in [0.2, 0.25) is 0 Å². The van der Waals surface area contributed by atoms with Crippen molar-refractivity contribution in [1.82, 2.24) is 15.1 Å². The topological polar surface area (TPSA) is 58.2 Å². The Morgan fingerprint density at radius 2 is 1.81 bits per heavy atom. The minimum absolute atomic E-state index is 0.00374. The number of carbonyl (C=O) groups excluding carboxylic acids is 1. The highest BCUT2D eigenvalue weighted by Gasteiger charge is 2.43. The van der Waals surface area contributed by atoms with Crippen LogP contribution in [0.3, 0.4) is 0 Å². The maximum Gasteiger partial charge on any atom is 0.273 e. The lowest BCUT2D eigenvalue weighted by atomic mass is 9.96. The summed E-state index contributed by atoms with van der Waals surface area (Å²) in [6.07, 6.45) is 2.17. The molecule has 3 heterocycles. The van der Waals surface area contributed by atoms with Gasteiger partial charge < -0.3 is 9.64 Å². The van der Waals surface area contributed by atoms with Crippen molar-refractivity contribution < 1.29 is 9.53 Å². The Balaban J connectivity index is 1.62. The van der Waals surface area contributed by atoms with E-state index in [9.17, 15) is 4.79 Å². The number of rotatable bonds is 4. The summed E-state index contributed by atoms with van der Waals surface area (Å²) < 4.78 is 5.82. The summed E-state index contributed by atoms with van der Waals surface area (Å²) >= 11 is 0. The quantitative estimate of drug-likeness (QED) is 0.771. The van der Waals surface area contributed by atoms with Crippen molar-refractivity contribution in [2.45, 2.75) is 25.0 Å². The van der Waals surface area contributed by atoms with E-state index in [0.717, 1.165) is 41.8 Å². The van der Waals surface area contributed by atoms with Crippen LogP contribution in [0.25, 0.3) is 11.3 Å². The van der Waals surface area contributed by atoms with Crippen LogP contribution in [-0.2, 0) is 4.74 Å². The Morgan fingerprint density at radius 1 is 1.07 bits per heavy atom. The number of fused-ring (bicyclic) bond motifs is 1. The van der Waals surface area contributed by atoms with Gasteiger partial charge in [-0.1, -0.05) is 60.7 Å². The summed E-state index contributed by atoms with van der Waals surface area (Å²) in [4.78, 5) is 15.2. The summed E-state index contributed by atoms with van der Waals surface area (Å²) in [7, 11) is 0. The molecule has 136 valence electrons. The molecule has 5 heteroatoms. The van der Waals surface area contributed by atoms with E-state index in [2.05, 4.69) is 22.3 Å². The molecule has 2 aromatic carbocycles. The van der Waals surface area contributed by atoms with Crippen LogP contribution in [0.1, 0.15) is 40.5 Å². The number of aromatic nitrogens is 2. The zero-order valence-corrected chi connectivity index (χ0v) is 15.0. The predicted octanol–water partition coefficient (Wildman–Crippen LogP) is 3.80. The van der Waals surface area contributed by atoms with Gasteiger partial charge in [0.15, 0.2) is 0 Å².